The van der Waals surface area contributed by atoms with Gasteiger partial charge in [0, 0.05) is 18.2 Å². The van der Waals surface area contributed by atoms with Crippen LogP contribution in [0, 0.1) is 10.1 Å². The number of benzene rings is 1. The summed E-state index contributed by atoms with van der Waals surface area (Å²) in [7, 11) is 0. The van der Waals surface area contributed by atoms with Gasteiger partial charge < -0.3 is 5.73 Å². The average Bonchev–Trinajstić information content (AvgIpc) is 2.18. The molecule has 0 saturated heterocycles. The van der Waals surface area contributed by atoms with Crippen molar-refractivity contribution in [1.29, 1.82) is 0 Å². The second kappa shape index (κ2) is 4.66. The Hall–Kier alpha value is -1.49. The van der Waals surface area contributed by atoms with E-state index in [1.54, 1.807) is 12.1 Å². The molecule has 0 aliphatic heterocycles. The summed E-state index contributed by atoms with van der Waals surface area (Å²) in [5.74, 6) is 0. The molecule has 14 heavy (non-hydrogen) atoms. The first-order valence-corrected chi connectivity index (χ1v) is 4.21. The summed E-state index contributed by atoms with van der Waals surface area (Å²) in [4.78, 5) is 9.93. The Morgan fingerprint density at radius 1 is 1.57 bits per heavy atom. The molecule has 0 fully saturated rings. The van der Waals surface area contributed by atoms with Crippen LogP contribution in [0.15, 0.2) is 24.3 Å². The number of nitrogens with zero attached hydrogens (tertiary/aromatic N) is 1. The van der Waals surface area contributed by atoms with Gasteiger partial charge in [-0.05, 0) is 12.0 Å². The molecule has 76 valence electrons. The normalized spacial score (nSPS) is 12.4. The lowest BCUT2D eigenvalue weighted by Gasteiger charge is -2.08. The minimum atomic E-state index is -0.524. The van der Waals surface area contributed by atoms with Crippen molar-refractivity contribution in [2.24, 2.45) is 5.73 Å². The first-order valence-electron chi connectivity index (χ1n) is 4.21. The number of alkyl halides is 1. The number of non-ortho nitro benzene ring substituents is 1. The Kier molecular flexibility index (Phi) is 3.53. The molecule has 1 aromatic carbocycles. The molecular formula is C9H11FN2O2. The second-order valence-corrected chi connectivity index (χ2v) is 2.94. The predicted octanol–water partition coefficient (Wildman–Crippen LogP) is 1.95. The van der Waals surface area contributed by atoms with Crippen LogP contribution < -0.4 is 5.73 Å². The highest BCUT2D eigenvalue weighted by atomic mass is 19.1. The van der Waals surface area contributed by atoms with Crippen molar-refractivity contribution >= 4 is 5.69 Å². The van der Waals surface area contributed by atoms with Crippen LogP contribution in [-0.4, -0.2) is 11.6 Å². The van der Waals surface area contributed by atoms with Crippen LogP contribution in [0.1, 0.15) is 18.0 Å². The van der Waals surface area contributed by atoms with Crippen LogP contribution in [-0.2, 0) is 0 Å². The predicted molar refractivity (Wildman–Crippen MR) is 50.6 cm³/mol. The SMILES string of the molecule is N[C@H](CCF)c1cccc([N+](=O)[O-])c1. The Morgan fingerprint density at radius 3 is 2.86 bits per heavy atom. The zero-order valence-corrected chi connectivity index (χ0v) is 7.52. The molecule has 1 rings (SSSR count). The van der Waals surface area contributed by atoms with Crippen LogP contribution in [0.5, 0.6) is 0 Å². The highest BCUT2D eigenvalue weighted by Crippen LogP contribution is 2.19. The molecule has 0 amide bonds. The van der Waals surface area contributed by atoms with Crippen molar-refractivity contribution in [1.82, 2.24) is 0 Å². The van der Waals surface area contributed by atoms with Gasteiger partial charge in [-0.3, -0.25) is 14.5 Å². The van der Waals surface area contributed by atoms with E-state index in [4.69, 9.17) is 5.73 Å². The molecule has 0 bridgehead atoms. The van der Waals surface area contributed by atoms with Gasteiger partial charge in [-0.15, -0.1) is 0 Å². The maximum Gasteiger partial charge on any atom is 0.269 e. The number of nitro benzene ring substituents is 1. The summed E-state index contributed by atoms with van der Waals surface area (Å²) in [5, 5.41) is 10.4. The van der Waals surface area contributed by atoms with E-state index < -0.39 is 17.6 Å². The highest BCUT2D eigenvalue weighted by Gasteiger charge is 2.10. The Labute approximate surface area is 80.7 Å². The summed E-state index contributed by atoms with van der Waals surface area (Å²) in [5.41, 5.74) is 6.19. The molecule has 5 heteroatoms. The molecule has 0 radical (unpaired) electrons. The van der Waals surface area contributed by atoms with Crippen LogP contribution in [0.4, 0.5) is 10.1 Å². The smallest absolute Gasteiger partial charge is 0.269 e. The van der Waals surface area contributed by atoms with E-state index in [-0.39, 0.29) is 12.1 Å². The van der Waals surface area contributed by atoms with Crippen molar-refractivity contribution in [2.75, 3.05) is 6.67 Å². The molecule has 0 aliphatic rings. The van der Waals surface area contributed by atoms with E-state index in [0.717, 1.165) is 0 Å². The third-order valence-electron chi connectivity index (χ3n) is 1.93. The van der Waals surface area contributed by atoms with Crippen molar-refractivity contribution < 1.29 is 9.31 Å². The number of hydrogen-bond acceptors (Lipinski definition) is 3. The molecular weight excluding hydrogens is 187 g/mol. The summed E-state index contributed by atoms with van der Waals surface area (Å²) in [6.07, 6.45) is 0.182. The topological polar surface area (TPSA) is 69.2 Å². The molecule has 0 saturated carbocycles. The average molecular weight is 198 g/mol. The number of rotatable bonds is 4. The Bertz CT molecular complexity index is 330. The van der Waals surface area contributed by atoms with Gasteiger partial charge in [0.25, 0.3) is 5.69 Å². The number of nitro groups is 1. The summed E-state index contributed by atoms with van der Waals surface area (Å²) in [6, 6.07) is 5.49. The molecule has 0 aromatic heterocycles. The van der Waals surface area contributed by atoms with Gasteiger partial charge in [0.15, 0.2) is 0 Å². The van der Waals surface area contributed by atoms with E-state index >= 15 is 0 Å². The third-order valence-corrected chi connectivity index (χ3v) is 1.93. The van der Waals surface area contributed by atoms with E-state index in [1.807, 2.05) is 0 Å². The highest BCUT2D eigenvalue weighted by molar-refractivity contribution is 5.35. The Balaban J connectivity index is 2.87. The summed E-state index contributed by atoms with van der Waals surface area (Å²) < 4.78 is 12.0. The maximum absolute atomic E-state index is 12.0. The van der Waals surface area contributed by atoms with Gasteiger partial charge in [-0.2, -0.15) is 0 Å². The van der Waals surface area contributed by atoms with Crippen LogP contribution in [0.2, 0.25) is 0 Å². The van der Waals surface area contributed by atoms with Crippen molar-refractivity contribution in [2.45, 2.75) is 12.5 Å². The van der Waals surface area contributed by atoms with Gasteiger partial charge in [-0.25, -0.2) is 0 Å². The van der Waals surface area contributed by atoms with Crippen LogP contribution >= 0.6 is 0 Å². The maximum atomic E-state index is 12.0. The largest absolute Gasteiger partial charge is 0.324 e. The number of hydrogen-bond donors (Lipinski definition) is 1. The molecule has 0 aliphatic carbocycles. The van der Waals surface area contributed by atoms with E-state index in [1.165, 1.54) is 12.1 Å². The van der Waals surface area contributed by atoms with Crippen LogP contribution in [0.25, 0.3) is 0 Å². The fourth-order valence-corrected chi connectivity index (χ4v) is 1.15. The molecule has 2 N–H and O–H groups in total. The minimum Gasteiger partial charge on any atom is -0.324 e. The standard InChI is InChI=1S/C9H11FN2O2/c10-5-4-9(11)7-2-1-3-8(6-7)12(13)14/h1-3,6,9H,4-5,11H2/t9-/m1/s1. The molecule has 0 heterocycles. The first-order chi connectivity index (χ1) is 6.65. The van der Waals surface area contributed by atoms with E-state index in [0.29, 0.717) is 5.56 Å². The zero-order valence-electron chi connectivity index (χ0n) is 7.52. The van der Waals surface area contributed by atoms with Gasteiger partial charge in [-0.1, -0.05) is 12.1 Å². The monoisotopic (exact) mass is 198 g/mol. The Morgan fingerprint density at radius 2 is 2.29 bits per heavy atom. The van der Waals surface area contributed by atoms with Crippen molar-refractivity contribution in [3.8, 4) is 0 Å². The quantitative estimate of drug-likeness (QED) is 0.593. The molecule has 1 aromatic rings. The molecule has 1 atom stereocenters. The fraction of sp³-hybridized carbons (Fsp3) is 0.333. The van der Waals surface area contributed by atoms with E-state index in [2.05, 4.69) is 0 Å². The van der Waals surface area contributed by atoms with Crippen molar-refractivity contribution in [3.05, 3.63) is 39.9 Å². The number of halogens is 1. The zero-order chi connectivity index (χ0) is 10.6. The van der Waals surface area contributed by atoms with E-state index in [9.17, 15) is 14.5 Å². The van der Waals surface area contributed by atoms with Gasteiger partial charge in [0.2, 0.25) is 0 Å². The second-order valence-electron chi connectivity index (χ2n) is 2.94. The lowest BCUT2D eigenvalue weighted by Crippen LogP contribution is -2.11. The lowest BCUT2D eigenvalue weighted by molar-refractivity contribution is -0.384. The molecule has 0 spiro atoms. The minimum absolute atomic E-state index is 0.0168. The summed E-state index contributed by atoms with van der Waals surface area (Å²) >= 11 is 0. The molecule has 0 unspecified atom stereocenters. The number of nitrogens with two attached hydrogens (primary N) is 1. The van der Waals surface area contributed by atoms with Gasteiger partial charge in [0.1, 0.15) is 0 Å². The third kappa shape index (κ3) is 2.50. The van der Waals surface area contributed by atoms with Crippen molar-refractivity contribution in [3.63, 3.8) is 0 Å². The summed E-state index contributed by atoms with van der Waals surface area (Å²) in [6.45, 7) is -0.524. The van der Waals surface area contributed by atoms with Crippen LogP contribution in [0.3, 0.4) is 0 Å². The lowest BCUT2D eigenvalue weighted by atomic mass is 10.0. The van der Waals surface area contributed by atoms with Gasteiger partial charge in [0.05, 0.1) is 11.6 Å². The fourth-order valence-electron chi connectivity index (χ4n) is 1.15. The van der Waals surface area contributed by atoms with Gasteiger partial charge >= 0.3 is 0 Å². The molecule has 4 nitrogen and oxygen atoms in total. The first kappa shape index (κ1) is 10.6.